The Balaban J connectivity index is 1.64. The van der Waals surface area contributed by atoms with Gasteiger partial charge in [0.05, 0.1) is 0 Å². The fraction of sp³-hybridized carbons (Fsp3) is 0.333. The van der Waals surface area contributed by atoms with Crippen LogP contribution in [0, 0.1) is 0 Å². The normalized spacial score (nSPS) is 16.4. The lowest BCUT2D eigenvalue weighted by Gasteiger charge is -2.28. The molecule has 1 saturated heterocycles. The van der Waals surface area contributed by atoms with Gasteiger partial charge < -0.3 is 14.5 Å². The van der Waals surface area contributed by atoms with E-state index in [4.69, 9.17) is 0 Å². The summed E-state index contributed by atoms with van der Waals surface area (Å²) >= 11 is 3.33. The van der Waals surface area contributed by atoms with Gasteiger partial charge >= 0.3 is 6.36 Å². The molecule has 5 nitrogen and oxygen atoms in total. The summed E-state index contributed by atoms with van der Waals surface area (Å²) in [5.41, 5.74) is 1.17. The maximum atomic E-state index is 13.0. The Bertz CT molecular complexity index is 901. The van der Waals surface area contributed by atoms with E-state index in [9.17, 15) is 22.8 Å². The first-order valence-corrected chi connectivity index (χ1v) is 10.1. The number of amides is 2. The molecule has 2 aromatic carbocycles. The molecule has 0 N–H and O–H groups in total. The van der Waals surface area contributed by atoms with Crippen LogP contribution in [0.3, 0.4) is 0 Å². The Kier molecular flexibility index (Phi) is 6.70. The van der Waals surface area contributed by atoms with E-state index >= 15 is 0 Å². The number of nitrogens with zero attached hydrogens (tertiary/aromatic N) is 2. The molecule has 0 bridgehead atoms. The Morgan fingerprint density at radius 1 is 1.13 bits per heavy atom. The van der Waals surface area contributed by atoms with Crippen molar-refractivity contribution in [1.82, 2.24) is 9.80 Å². The first-order chi connectivity index (χ1) is 14.1. The summed E-state index contributed by atoms with van der Waals surface area (Å²) < 4.78 is 41.5. The first-order valence-electron chi connectivity index (χ1n) is 9.30. The molecule has 30 heavy (non-hydrogen) atoms. The van der Waals surface area contributed by atoms with Gasteiger partial charge in [-0.15, -0.1) is 13.2 Å². The first kappa shape index (κ1) is 22.1. The van der Waals surface area contributed by atoms with Crippen LogP contribution in [0.25, 0.3) is 0 Å². The highest BCUT2D eigenvalue weighted by Crippen LogP contribution is 2.25. The zero-order valence-electron chi connectivity index (χ0n) is 16.2. The molecule has 9 heteroatoms. The van der Waals surface area contributed by atoms with E-state index in [-0.39, 0.29) is 24.1 Å². The Hall–Kier alpha value is -2.55. The second-order valence-electron chi connectivity index (χ2n) is 7.05. The zero-order valence-corrected chi connectivity index (χ0v) is 17.7. The van der Waals surface area contributed by atoms with Crippen molar-refractivity contribution in [2.45, 2.75) is 31.8 Å². The van der Waals surface area contributed by atoms with E-state index in [1.165, 1.54) is 29.2 Å². The lowest BCUT2D eigenvalue weighted by atomic mass is 10.1. The lowest BCUT2D eigenvalue weighted by Crippen LogP contribution is -2.46. The molecule has 0 saturated carbocycles. The van der Waals surface area contributed by atoms with Gasteiger partial charge in [-0.2, -0.15) is 0 Å². The van der Waals surface area contributed by atoms with Crippen molar-refractivity contribution in [2.24, 2.45) is 0 Å². The number of rotatable bonds is 5. The maximum absolute atomic E-state index is 13.0. The molecule has 160 valence electrons. The van der Waals surface area contributed by atoms with Crippen LogP contribution < -0.4 is 4.74 Å². The third-order valence-corrected chi connectivity index (χ3v) is 5.37. The number of ether oxygens (including phenoxy) is 1. The average Bonchev–Trinajstić information content (AvgIpc) is 3.17. The molecule has 2 amide bonds. The van der Waals surface area contributed by atoms with E-state index in [0.29, 0.717) is 24.1 Å². The maximum Gasteiger partial charge on any atom is 0.573 e. The number of hydrogen-bond donors (Lipinski definition) is 0. The molecule has 1 fully saturated rings. The van der Waals surface area contributed by atoms with Crippen LogP contribution in [-0.4, -0.2) is 47.6 Å². The molecule has 0 spiro atoms. The second kappa shape index (κ2) is 9.07. The summed E-state index contributed by atoms with van der Waals surface area (Å²) in [4.78, 5) is 28.9. The van der Waals surface area contributed by atoms with Gasteiger partial charge in [0, 0.05) is 30.2 Å². The molecule has 1 aliphatic heterocycles. The average molecular weight is 485 g/mol. The molecular weight excluding hydrogens is 465 g/mol. The van der Waals surface area contributed by atoms with Gasteiger partial charge in [0.1, 0.15) is 11.8 Å². The number of benzene rings is 2. The van der Waals surface area contributed by atoms with Crippen LogP contribution in [0.1, 0.15) is 28.8 Å². The van der Waals surface area contributed by atoms with Crippen molar-refractivity contribution < 1.29 is 27.5 Å². The van der Waals surface area contributed by atoms with E-state index in [0.717, 1.165) is 10.9 Å². The summed E-state index contributed by atoms with van der Waals surface area (Å²) in [5, 5.41) is 0. The summed E-state index contributed by atoms with van der Waals surface area (Å²) in [6.45, 7) is 0.713. The van der Waals surface area contributed by atoms with Crippen molar-refractivity contribution in [3.63, 3.8) is 0 Å². The molecule has 1 atom stereocenters. The minimum absolute atomic E-state index is 0.194. The highest BCUT2D eigenvalue weighted by Gasteiger charge is 2.36. The standard InChI is InChI=1S/C21H20BrF3N2O3/c1-26(13-14-4-10-17(11-5-14)30-21(23,24)25)20(29)18-3-2-12-27(18)19(28)15-6-8-16(22)9-7-15/h4-11,18H,2-3,12-13H2,1H3. The molecule has 1 aliphatic rings. The van der Waals surface area contributed by atoms with Gasteiger partial charge in [-0.25, -0.2) is 0 Å². The van der Waals surface area contributed by atoms with E-state index < -0.39 is 12.4 Å². The van der Waals surface area contributed by atoms with E-state index in [2.05, 4.69) is 20.7 Å². The Morgan fingerprint density at radius 3 is 2.37 bits per heavy atom. The predicted molar refractivity (Wildman–Crippen MR) is 108 cm³/mol. The zero-order chi connectivity index (χ0) is 21.9. The fourth-order valence-electron chi connectivity index (χ4n) is 3.43. The molecule has 1 heterocycles. The highest BCUT2D eigenvalue weighted by molar-refractivity contribution is 9.10. The summed E-state index contributed by atoms with van der Waals surface area (Å²) in [5.74, 6) is -0.712. The fourth-order valence-corrected chi connectivity index (χ4v) is 3.69. The van der Waals surface area contributed by atoms with Crippen LogP contribution in [0.15, 0.2) is 53.0 Å². The van der Waals surface area contributed by atoms with Crippen LogP contribution in [0.5, 0.6) is 5.75 Å². The molecule has 0 aromatic heterocycles. The van der Waals surface area contributed by atoms with Gasteiger partial charge in [-0.05, 0) is 54.8 Å². The van der Waals surface area contributed by atoms with Gasteiger partial charge in [0.25, 0.3) is 5.91 Å². The smallest absolute Gasteiger partial charge is 0.406 e. The monoisotopic (exact) mass is 484 g/mol. The van der Waals surface area contributed by atoms with Crippen molar-refractivity contribution in [2.75, 3.05) is 13.6 Å². The molecule has 3 rings (SSSR count). The highest BCUT2D eigenvalue weighted by atomic mass is 79.9. The Labute approximate surface area is 180 Å². The number of carbonyl (C=O) groups is 2. The topological polar surface area (TPSA) is 49.9 Å². The number of carbonyl (C=O) groups excluding carboxylic acids is 2. The van der Waals surface area contributed by atoms with Crippen LogP contribution in [0.2, 0.25) is 0 Å². The summed E-state index contributed by atoms with van der Waals surface area (Å²) in [6.07, 6.45) is -3.44. The quantitative estimate of drug-likeness (QED) is 0.622. The molecule has 0 aliphatic carbocycles. The molecule has 0 radical (unpaired) electrons. The van der Waals surface area contributed by atoms with Crippen molar-refractivity contribution in [3.05, 3.63) is 64.1 Å². The minimum atomic E-state index is -4.75. The number of likely N-dealkylation sites (N-methyl/N-ethyl adjacent to an activating group) is 1. The van der Waals surface area contributed by atoms with E-state index in [1.807, 2.05) is 0 Å². The lowest BCUT2D eigenvalue weighted by molar-refractivity contribution is -0.274. The Morgan fingerprint density at radius 2 is 1.77 bits per heavy atom. The van der Waals surface area contributed by atoms with Gasteiger partial charge in [0.2, 0.25) is 5.91 Å². The molecule has 1 unspecified atom stereocenters. The third kappa shape index (κ3) is 5.53. The third-order valence-electron chi connectivity index (χ3n) is 4.84. The molecular formula is C21H20BrF3N2O3. The number of alkyl halides is 3. The van der Waals surface area contributed by atoms with Crippen LogP contribution in [-0.2, 0) is 11.3 Å². The van der Waals surface area contributed by atoms with Gasteiger partial charge in [-0.1, -0.05) is 28.1 Å². The summed E-state index contributed by atoms with van der Waals surface area (Å²) in [6, 6.07) is 11.8. The van der Waals surface area contributed by atoms with Crippen LogP contribution in [0.4, 0.5) is 13.2 Å². The number of likely N-dealkylation sites (tertiary alicyclic amines) is 1. The van der Waals surface area contributed by atoms with Gasteiger partial charge in [0.15, 0.2) is 0 Å². The predicted octanol–water partition coefficient (Wildman–Crippen LogP) is 4.61. The summed E-state index contributed by atoms with van der Waals surface area (Å²) in [7, 11) is 1.61. The van der Waals surface area contributed by atoms with E-state index in [1.54, 1.807) is 36.2 Å². The largest absolute Gasteiger partial charge is 0.573 e. The molecule has 2 aromatic rings. The van der Waals surface area contributed by atoms with Crippen LogP contribution >= 0.6 is 15.9 Å². The number of hydrogen-bond acceptors (Lipinski definition) is 3. The van der Waals surface area contributed by atoms with Gasteiger partial charge in [-0.3, -0.25) is 9.59 Å². The van der Waals surface area contributed by atoms with Crippen molar-refractivity contribution in [1.29, 1.82) is 0 Å². The number of halogens is 4. The minimum Gasteiger partial charge on any atom is -0.406 e. The SMILES string of the molecule is CN(Cc1ccc(OC(F)(F)F)cc1)C(=O)C1CCCN1C(=O)c1ccc(Br)cc1. The van der Waals surface area contributed by atoms with Crippen molar-refractivity contribution >= 4 is 27.7 Å². The second-order valence-corrected chi connectivity index (χ2v) is 7.97. The van der Waals surface area contributed by atoms with Crippen molar-refractivity contribution in [3.8, 4) is 5.75 Å².